The summed E-state index contributed by atoms with van der Waals surface area (Å²) in [7, 11) is 0. The predicted molar refractivity (Wildman–Crippen MR) is 90.4 cm³/mol. The quantitative estimate of drug-likeness (QED) is 0.913. The van der Waals surface area contributed by atoms with Crippen LogP contribution < -0.4 is 5.32 Å². The second-order valence-corrected chi connectivity index (χ2v) is 7.27. The molecule has 3 aliphatic rings. The number of piperidine rings is 2. The first-order chi connectivity index (χ1) is 11.2. The first-order valence-corrected chi connectivity index (χ1v) is 8.96. The van der Waals surface area contributed by atoms with Crippen LogP contribution in [0.25, 0.3) is 0 Å². The molecule has 2 aliphatic heterocycles. The van der Waals surface area contributed by atoms with Gasteiger partial charge >= 0.3 is 6.03 Å². The Morgan fingerprint density at radius 2 is 2.09 bits per heavy atom. The van der Waals surface area contributed by atoms with E-state index in [4.69, 9.17) is 0 Å². The van der Waals surface area contributed by atoms with E-state index in [1.807, 2.05) is 30.0 Å². The van der Waals surface area contributed by atoms with Gasteiger partial charge in [0, 0.05) is 30.9 Å². The number of hydrogen-bond donors (Lipinski definition) is 1. The Morgan fingerprint density at radius 1 is 1.22 bits per heavy atom. The molecule has 124 valence electrons. The highest BCUT2D eigenvalue weighted by Crippen LogP contribution is 2.38. The summed E-state index contributed by atoms with van der Waals surface area (Å²) >= 11 is 0. The van der Waals surface area contributed by atoms with Gasteiger partial charge in [-0.05, 0) is 63.6 Å². The van der Waals surface area contributed by atoms with Crippen molar-refractivity contribution in [1.29, 1.82) is 0 Å². The van der Waals surface area contributed by atoms with Gasteiger partial charge in [0.05, 0.1) is 0 Å². The monoisotopic (exact) mass is 314 g/mol. The summed E-state index contributed by atoms with van der Waals surface area (Å²) < 4.78 is 0. The maximum absolute atomic E-state index is 12.5. The molecule has 2 atom stereocenters. The van der Waals surface area contributed by atoms with E-state index in [0.717, 1.165) is 31.2 Å². The number of amides is 2. The predicted octanol–water partition coefficient (Wildman–Crippen LogP) is 2.87. The molecule has 0 radical (unpaired) electrons. The fraction of sp³-hybridized carbons (Fsp3) is 0.667. The SMILES string of the molecule is Cc1cccc(NC(=O)N2CC[C@@H]3[C@H](CCCN3C3CC3)C2)n1. The lowest BCUT2D eigenvalue weighted by Gasteiger charge is -2.47. The number of fused-ring (bicyclic) bond motifs is 1. The zero-order valence-corrected chi connectivity index (χ0v) is 13.9. The van der Waals surface area contributed by atoms with Gasteiger partial charge in [-0.15, -0.1) is 0 Å². The van der Waals surface area contributed by atoms with Crippen LogP contribution in [0.3, 0.4) is 0 Å². The van der Waals surface area contributed by atoms with Crippen LogP contribution in [-0.2, 0) is 0 Å². The lowest BCUT2D eigenvalue weighted by molar-refractivity contribution is 0.0315. The molecule has 3 fully saturated rings. The minimum Gasteiger partial charge on any atom is -0.324 e. The van der Waals surface area contributed by atoms with Gasteiger partial charge in [0.15, 0.2) is 0 Å². The molecule has 4 rings (SSSR count). The van der Waals surface area contributed by atoms with E-state index in [1.54, 1.807) is 0 Å². The number of carbonyl (C=O) groups is 1. The third-order valence-electron chi connectivity index (χ3n) is 5.54. The molecule has 5 nitrogen and oxygen atoms in total. The Kier molecular flexibility index (Phi) is 3.97. The molecule has 0 unspecified atom stereocenters. The van der Waals surface area contributed by atoms with Crippen molar-refractivity contribution in [3.05, 3.63) is 23.9 Å². The molecule has 23 heavy (non-hydrogen) atoms. The molecular formula is C18H26N4O. The van der Waals surface area contributed by atoms with Crippen molar-refractivity contribution in [2.24, 2.45) is 5.92 Å². The van der Waals surface area contributed by atoms with Crippen LogP contribution in [0.15, 0.2) is 18.2 Å². The number of aryl methyl sites for hydroxylation is 1. The van der Waals surface area contributed by atoms with Crippen molar-refractivity contribution in [3.8, 4) is 0 Å². The Morgan fingerprint density at radius 3 is 2.87 bits per heavy atom. The highest BCUT2D eigenvalue weighted by atomic mass is 16.2. The van der Waals surface area contributed by atoms with Crippen LogP contribution in [-0.4, -0.2) is 52.5 Å². The maximum Gasteiger partial charge on any atom is 0.323 e. The number of aromatic nitrogens is 1. The number of hydrogen-bond acceptors (Lipinski definition) is 3. The van der Waals surface area contributed by atoms with E-state index >= 15 is 0 Å². The van der Waals surface area contributed by atoms with Gasteiger partial charge in [-0.2, -0.15) is 0 Å². The third-order valence-corrected chi connectivity index (χ3v) is 5.54. The van der Waals surface area contributed by atoms with Gasteiger partial charge in [0.2, 0.25) is 0 Å². The van der Waals surface area contributed by atoms with Gasteiger partial charge in [-0.1, -0.05) is 6.07 Å². The van der Waals surface area contributed by atoms with Crippen LogP contribution in [0.5, 0.6) is 0 Å². The molecule has 2 amide bonds. The summed E-state index contributed by atoms with van der Waals surface area (Å²) in [5.74, 6) is 1.30. The summed E-state index contributed by atoms with van der Waals surface area (Å²) in [5.41, 5.74) is 0.925. The summed E-state index contributed by atoms with van der Waals surface area (Å²) in [4.78, 5) is 21.6. The molecule has 0 spiro atoms. The van der Waals surface area contributed by atoms with Gasteiger partial charge < -0.3 is 4.90 Å². The number of urea groups is 1. The normalized spacial score (nSPS) is 28.3. The molecule has 0 bridgehead atoms. The molecule has 5 heteroatoms. The number of anilines is 1. The standard InChI is InChI=1S/C18H26N4O/c1-13-4-2-6-17(19-13)20-18(23)21-11-9-16-14(12-21)5-3-10-22(16)15-7-8-15/h2,4,6,14-16H,3,5,7-12H2,1H3,(H,19,20,23)/t14-,16-/m1/s1. The van der Waals surface area contributed by atoms with Crippen LogP contribution in [0.2, 0.25) is 0 Å². The van der Waals surface area contributed by atoms with Crippen molar-refractivity contribution in [2.45, 2.75) is 51.1 Å². The number of pyridine rings is 1. The van der Waals surface area contributed by atoms with Crippen LogP contribution in [0.1, 0.15) is 37.8 Å². The van der Waals surface area contributed by atoms with E-state index in [2.05, 4.69) is 15.2 Å². The second kappa shape index (κ2) is 6.11. The second-order valence-electron chi connectivity index (χ2n) is 7.27. The van der Waals surface area contributed by atoms with Crippen LogP contribution in [0, 0.1) is 12.8 Å². The van der Waals surface area contributed by atoms with E-state index in [9.17, 15) is 4.79 Å². The summed E-state index contributed by atoms with van der Waals surface area (Å²) in [6.45, 7) is 4.97. The summed E-state index contributed by atoms with van der Waals surface area (Å²) in [6.07, 6.45) is 6.43. The molecule has 1 aromatic heterocycles. The Labute approximate surface area is 138 Å². The van der Waals surface area contributed by atoms with Gasteiger partial charge in [0.1, 0.15) is 5.82 Å². The number of carbonyl (C=O) groups excluding carboxylic acids is 1. The molecule has 1 N–H and O–H groups in total. The van der Waals surface area contributed by atoms with E-state index in [1.165, 1.54) is 32.2 Å². The zero-order chi connectivity index (χ0) is 15.8. The van der Waals surface area contributed by atoms with Gasteiger partial charge in [-0.3, -0.25) is 10.2 Å². The van der Waals surface area contributed by atoms with Crippen molar-refractivity contribution in [2.75, 3.05) is 25.0 Å². The minimum atomic E-state index is 0.00472. The number of likely N-dealkylation sites (tertiary alicyclic amines) is 2. The van der Waals surface area contributed by atoms with E-state index in [-0.39, 0.29) is 6.03 Å². The van der Waals surface area contributed by atoms with Crippen LogP contribution >= 0.6 is 0 Å². The van der Waals surface area contributed by atoms with E-state index in [0.29, 0.717) is 17.8 Å². The maximum atomic E-state index is 12.5. The average molecular weight is 314 g/mol. The lowest BCUT2D eigenvalue weighted by Crippen LogP contribution is -2.56. The fourth-order valence-electron chi connectivity index (χ4n) is 4.29. The fourth-order valence-corrected chi connectivity index (χ4v) is 4.29. The average Bonchev–Trinajstić information content (AvgIpc) is 3.38. The molecular weight excluding hydrogens is 288 g/mol. The third kappa shape index (κ3) is 3.20. The van der Waals surface area contributed by atoms with Gasteiger partial charge in [-0.25, -0.2) is 9.78 Å². The molecule has 0 aromatic carbocycles. The molecule has 1 aromatic rings. The van der Waals surface area contributed by atoms with E-state index < -0.39 is 0 Å². The Balaban J connectivity index is 1.38. The summed E-state index contributed by atoms with van der Waals surface area (Å²) in [6, 6.07) is 7.28. The first-order valence-electron chi connectivity index (χ1n) is 8.96. The van der Waals surface area contributed by atoms with Crippen molar-refractivity contribution >= 4 is 11.8 Å². The topological polar surface area (TPSA) is 48.5 Å². The van der Waals surface area contributed by atoms with Crippen molar-refractivity contribution < 1.29 is 4.79 Å². The smallest absolute Gasteiger partial charge is 0.323 e. The first kappa shape index (κ1) is 14.9. The van der Waals surface area contributed by atoms with Crippen molar-refractivity contribution in [3.63, 3.8) is 0 Å². The zero-order valence-electron chi connectivity index (χ0n) is 13.9. The summed E-state index contributed by atoms with van der Waals surface area (Å²) in [5, 5.41) is 2.96. The molecule has 3 heterocycles. The highest BCUT2D eigenvalue weighted by molar-refractivity contribution is 5.88. The Hall–Kier alpha value is -1.62. The molecule has 1 aliphatic carbocycles. The minimum absolute atomic E-state index is 0.00472. The molecule has 1 saturated carbocycles. The Bertz CT molecular complexity index is 586. The highest BCUT2D eigenvalue weighted by Gasteiger charge is 2.42. The number of rotatable bonds is 2. The van der Waals surface area contributed by atoms with Gasteiger partial charge in [0.25, 0.3) is 0 Å². The molecule has 2 saturated heterocycles. The number of nitrogens with zero attached hydrogens (tertiary/aromatic N) is 3. The largest absolute Gasteiger partial charge is 0.324 e. The van der Waals surface area contributed by atoms with Crippen molar-refractivity contribution in [1.82, 2.24) is 14.8 Å². The lowest BCUT2D eigenvalue weighted by atomic mass is 9.84. The van der Waals surface area contributed by atoms with Crippen LogP contribution in [0.4, 0.5) is 10.6 Å². The number of nitrogens with one attached hydrogen (secondary N) is 1.